The Balaban J connectivity index is 1.74. The van der Waals surface area contributed by atoms with E-state index in [1.807, 2.05) is 0 Å². The summed E-state index contributed by atoms with van der Waals surface area (Å²) < 4.78 is 11.3. The number of rotatable bonds is 3. The molecule has 11 heteroatoms. The van der Waals surface area contributed by atoms with Crippen LogP contribution in [0.5, 0.6) is 46.1 Å². The first kappa shape index (κ1) is 20.7. The topological polar surface area (TPSA) is 190 Å². The number of pyridine rings is 1. The van der Waals surface area contributed by atoms with Gasteiger partial charge in [0.25, 0.3) is 5.88 Å². The Kier molecular flexibility index (Phi) is 4.93. The van der Waals surface area contributed by atoms with Crippen molar-refractivity contribution in [3.05, 3.63) is 53.2 Å². The van der Waals surface area contributed by atoms with Crippen molar-refractivity contribution in [1.29, 1.82) is 0 Å². The lowest BCUT2D eigenvalue weighted by Crippen LogP contribution is -2.35. The van der Waals surface area contributed by atoms with E-state index < -0.39 is 47.1 Å². The van der Waals surface area contributed by atoms with Gasteiger partial charge in [-0.05, 0) is 24.3 Å². The summed E-state index contributed by atoms with van der Waals surface area (Å²) in [6.45, 7) is 0. The average molecular weight is 443 g/mol. The maximum Gasteiger partial charge on any atom is 0.357 e. The molecular weight excluding hydrogens is 426 g/mol. The maximum absolute atomic E-state index is 12.6. The van der Waals surface area contributed by atoms with Gasteiger partial charge in [-0.2, -0.15) is 0 Å². The van der Waals surface area contributed by atoms with E-state index in [1.165, 1.54) is 6.07 Å². The van der Waals surface area contributed by atoms with Gasteiger partial charge >= 0.3 is 5.97 Å². The van der Waals surface area contributed by atoms with Crippen molar-refractivity contribution in [3.63, 3.8) is 0 Å². The zero-order valence-electron chi connectivity index (χ0n) is 16.1. The molecule has 2 atom stereocenters. The Morgan fingerprint density at radius 2 is 1.59 bits per heavy atom. The molecule has 1 aliphatic heterocycles. The summed E-state index contributed by atoms with van der Waals surface area (Å²) in [6.07, 6.45) is -2.37. The van der Waals surface area contributed by atoms with Gasteiger partial charge in [-0.15, -0.1) is 0 Å². The molecule has 2 aromatic carbocycles. The molecule has 0 bridgehead atoms. The minimum atomic E-state index is -1.14. The highest BCUT2D eigenvalue weighted by molar-refractivity contribution is 5.87. The van der Waals surface area contributed by atoms with Crippen molar-refractivity contribution >= 4 is 5.97 Å². The van der Waals surface area contributed by atoms with Gasteiger partial charge in [0.1, 0.15) is 23.4 Å². The monoisotopic (exact) mass is 443 g/mol. The smallest absolute Gasteiger partial charge is 0.357 e. The molecule has 166 valence electrons. The van der Waals surface area contributed by atoms with E-state index in [4.69, 9.17) is 9.47 Å². The van der Waals surface area contributed by atoms with Crippen LogP contribution in [0.15, 0.2) is 36.4 Å². The van der Waals surface area contributed by atoms with Crippen LogP contribution in [0.1, 0.15) is 27.7 Å². The van der Waals surface area contributed by atoms with Crippen LogP contribution >= 0.6 is 0 Å². The maximum atomic E-state index is 12.6. The molecule has 1 unspecified atom stereocenters. The van der Waals surface area contributed by atoms with Crippen LogP contribution in [0.3, 0.4) is 0 Å². The minimum Gasteiger partial charge on any atom is -0.508 e. The van der Waals surface area contributed by atoms with Crippen LogP contribution in [0.4, 0.5) is 0 Å². The molecule has 0 radical (unpaired) electrons. The van der Waals surface area contributed by atoms with Gasteiger partial charge < -0.3 is 45.2 Å². The zero-order valence-corrected chi connectivity index (χ0v) is 16.1. The third kappa shape index (κ3) is 3.67. The number of ether oxygens (including phenoxy) is 2. The number of phenols is 5. The van der Waals surface area contributed by atoms with E-state index >= 15 is 0 Å². The molecule has 0 fully saturated rings. The molecule has 11 nitrogen and oxygen atoms in total. The van der Waals surface area contributed by atoms with Crippen molar-refractivity contribution in [3.8, 4) is 46.1 Å². The summed E-state index contributed by atoms with van der Waals surface area (Å²) in [7, 11) is 0. The number of benzene rings is 2. The fourth-order valence-corrected chi connectivity index (χ4v) is 3.38. The lowest BCUT2D eigenvalue weighted by Gasteiger charge is -2.34. The molecule has 0 saturated carbocycles. The fraction of sp³-hybridized carbons (Fsp3) is 0.143. The van der Waals surface area contributed by atoms with Crippen molar-refractivity contribution in [2.75, 3.05) is 0 Å². The molecule has 7 N–H and O–H groups in total. The largest absolute Gasteiger partial charge is 0.508 e. The standard InChI is InChI=1S/C21H17NO10/c23-9-5-13(25)10-7-17(32-21(30)11-1-2-12(24)20(29)22-11)19(31-16(10)6-9)8-3-14(26)18(28)15(27)4-8/h1-6,17,19,23-28H,7H2,(H,22,29)/t17?,19-/m1/s1. The predicted octanol–water partition coefficient (Wildman–Crippen LogP) is 1.92. The van der Waals surface area contributed by atoms with Gasteiger partial charge in [-0.3, -0.25) is 0 Å². The summed E-state index contributed by atoms with van der Waals surface area (Å²) in [5, 5.41) is 68.3. The number of aromatic hydroxyl groups is 7. The third-order valence-electron chi connectivity index (χ3n) is 4.91. The molecule has 4 rings (SSSR count). The van der Waals surface area contributed by atoms with Crippen LogP contribution in [0.25, 0.3) is 0 Å². The van der Waals surface area contributed by atoms with Crippen molar-refractivity contribution in [1.82, 2.24) is 4.98 Å². The summed E-state index contributed by atoms with van der Waals surface area (Å²) in [5.74, 6) is -4.87. The van der Waals surface area contributed by atoms with Gasteiger partial charge in [0.15, 0.2) is 34.8 Å². The van der Waals surface area contributed by atoms with E-state index in [2.05, 4.69) is 4.98 Å². The molecule has 32 heavy (non-hydrogen) atoms. The Bertz CT molecular complexity index is 1200. The lowest BCUT2D eigenvalue weighted by atomic mass is 9.93. The Hall–Kier alpha value is -4.54. The number of carbonyl (C=O) groups is 1. The third-order valence-corrected chi connectivity index (χ3v) is 4.91. The number of esters is 1. The molecule has 0 spiro atoms. The first-order valence-electron chi connectivity index (χ1n) is 9.20. The van der Waals surface area contributed by atoms with E-state index in [0.29, 0.717) is 0 Å². The molecule has 1 aliphatic rings. The van der Waals surface area contributed by atoms with Crippen molar-refractivity contribution < 1.29 is 50.0 Å². The van der Waals surface area contributed by atoms with Crippen LogP contribution in [0, 0.1) is 0 Å². The summed E-state index contributed by atoms with van der Waals surface area (Å²) >= 11 is 0. The second-order valence-electron chi connectivity index (χ2n) is 7.07. The van der Waals surface area contributed by atoms with Crippen LogP contribution in [-0.2, 0) is 11.2 Å². The number of nitrogens with zero attached hydrogens (tertiary/aromatic N) is 1. The first-order valence-corrected chi connectivity index (χ1v) is 9.20. The Morgan fingerprint density at radius 3 is 2.25 bits per heavy atom. The Morgan fingerprint density at radius 1 is 0.906 bits per heavy atom. The molecule has 3 aromatic rings. The molecular formula is C21H17NO10. The van der Waals surface area contributed by atoms with E-state index in [0.717, 1.165) is 30.3 Å². The highest BCUT2D eigenvalue weighted by Gasteiger charge is 2.37. The Labute approximate surface area is 179 Å². The predicted molar refractivity (Wildman–Crippen MR) is 105 cm³/mol. The minimum absolute atomic E-state index is 0.0762. The van der Waals surface area contributed by atoms with Crippen LogP contribution < -0.4 is 4.74 Å². The highest BCUT2D eigenvalue weighted by Crippen LogP contribution is 2.45. The number of fused-ring (bicyclic) bond motifs is 1. The highest BCUT2D eigenvalue weighted by atomic mass is 16.6. The zero-order chi connectivity index (χ0) is 23.2. The number of hydrogen-bond acceptors (Lipinski definition) is 11. The van der Waals surface area contributed by atoms with E-state index in [9.17, 15) is 40.5 Å². The second-order valence-corrected chi connectivity index (χ2v) is 7.07. The number of carbonyl (C=O) groups excluding carboxylic acids is 1. The number of phenolic OH excluding ortho intramolecular Hbond substituents is 5. The van der Waals surface area contributed by atoms with Crippen LogP contribution in [0.2, 0.25) is 0 Å². The number of hydrogen-bond donors (Lipinski definition) is 7. The lowest BCUT2D eigenvalue weighted by molar-refractivity contribution is -0.0194. The summed E-state index contributed by atoms with van der Waals surface area (Å²) in [5.41, 5.74) is 0.0207. The van der Waals surface area contributed by atoms with Gasteiger partial charge in [-0.25, -0.2) is 9.78 Å². The fourth-order valence-electron chi connectivity index (χ4n) is 3.38. The molecule has 0 saturated heterocycles. The van der Waals surface area contributed by atoms with Crippen LogP contribution in [-0.4, -0.2) is 52.8 Å². The second kappa shape index (κ2) is 7.61. The van der Waals surface area contributed by atoms with Gasteiger partial charge in [0.2, 0.25) is 0 Å². The van der Waals surface area contributed by atoms with Gasteiger partial charge in [0.05, 0.1) is 0 Å². The number of aromatic nitrogens is 1. The summed E-state index contributed by atoms with van der Waals surface area (Å²) in [6, 6.07) is 6.68. The normalized spacial score (nSPS) is 17.2. The van der Waals surface area contributed by atoms with E-state index in [1.54, 1.807) is 0 Å². The quantitative estimate of drug-likeness (QED) is 0.231. The molecule has 2 heterocycles. The average Bonchev–Trinajstić information content (AvgIpc) is 2.73. The first-order chi connectivity index (χ1) is 15.1. The van der Waals surface area contributed by atoms with Crippen molar-refractivity contribution in [2.45, 2.75) is 18.6 Å². The van der Waals surface area contributed by atoms with Gasteiger partial charge in [0, 0.05) is 29.7 Å². The van der Waals surface area contributed by atoms with Crippen molar-refractivity contribution in [2.24, 2.45) is 0 Å². The van der Waals surface area contributed by atoms with Gasteiger partial charge in [-0.1, -0.05) is 0 Å². The molecule has 1 aromatic heterocycles. The van der Waals surface area contributed by atoms with E-state index in [-0.39, 0.29) is 40.5 Å². The summed E-state index contributed by atoms with van der Waals surface area (Å²) in [4.78, 5) is 16.2. The SMILES string of the molecule is O=C(OC1Cc2c(O)cc(O)cc2O[C@@H]1c1cc(O)c(O)c(O)c1)c1ccc(O)c(O)n1. The molecule has 0 aliphatic carbocycles. The molecule has 0 amide bonds.